The Hall–Kier alpha value is -0.610. The molecule has 3 fully saturated rings. The largest absolute Gasteiger partial charge is 0.342 e. The third-order valence-corrected chi connectivity index (χ3v) is 5.27. The van der Waals surface area contributed by atoms with E-state index in [4.69, 9.17) is 0 Å². The normalized spacial score (nSPS) is 33.4. The van der Waals surface area contributed by atoms with Crippen LogP contribution in [0.25, 0.3) is 0 Å². The van der Waals surface area contributed by atoms with Gasteiger partial charge in [-0.15, -0.1) is 0 Å². The first-order valence-corrected chi connectivity index (χ1v) is 7.96. The van der Waals surface area contributed by atoms with Crippen molar-refractivity contribution in [2.45, 2.75) is 38.6 Å². The summed E-state index contributed by atoms with van der Waals surface area (Å²) in [4.78, 5) is 17.0. The lowest BCUT2D eigenvalue weighted by Gasteiger charge is -2.38. The molecular weight excluding hydrogens is 238 g/mol. The second kappa shape index (κ2) is 5.80. The first kappa shape index (κ1) is 13.4. The molecular formula is C15H27N3O. The van der Waals surface area contributed by atoms with Crippen LogP contribution in [0.4, 0.5) is 0 Å². The van der Waals surface area contributed by atoms with Gasteiger partial charge in [0.05, 0.1) is 6.54 Å². The molecule has 3 aliphatic rings. The van der Waals surface area contributed by atoms with E-state index in [1.54, 1.807) is 0 Å². The third-order valence-electron chi connectivity index (χ3n) is 5.27. The van der Waals surface area contributed by atoms with E-state index in [9.17, 15) is 4.79 Å². The molecule has 2 unspecified atom stereocenters. The Balaban J connectivity index is 1.54. The third kappa shape index (κ3) is 2.95. The van der Waals surface area contributed by atoms with Gasteiger partial charge in [0.15, 0.2) is 0 Å². The van der Waals surface area contributed by atoms with Crippen LogP contribution < -0.4 is 5.32 Å². The minimum absolute atomic E-state index is 0.361. The summed E-state index contributed by atoms with van der Waals surface area (Å²) >= 11 is 0. The maximum atomic E-state index is 12.4. The molecule has 0 aliphatic carbocycles. The fourth-order valence-electron chi connectivity index (χ4n) is 3.89. The maximum absolute atomic E-state index is 12.4. The Kier molecular flexibility index (Phi) is 4.08. The molecule has 2 atom stereocenters. The Morgan fingerprint density at radius 3 is 2.74 bits per heavy atom. The van der Waals surface area contributed by atoms with Crippen molar-refractivity contribution >= 4 is 5.91 Å². The number of hydrogen-bond acceptors (Lipinski definition) is 3. The van der Waals surface area contributed by atoms with Crippen molar-refractivity contribution in [1.82, 2.24) is 15.1 Å². The van der Waals surface area contributed by atoms with Crippen LogP contribution in [-0.2, 0) is 4.79 Å². The summed E-state index contributed by atoms with van der Waals surface area (Å²) < 4.78 is 0. The van der Waals surface area contributed by atoms with Crippen LogP contribution >= 0.6 is 0 Å². The summed E-state index contributed by atoms with van der Waals surface area (Å²) in [5.41, 5.74) is 0. The topological polar surface area (TPSA) is 35.6 Å². The number of carbonyl (C=O) groups is 1. The van der Waals surface area contributed by atoms with Crippen molar-refractivity contribution in [1.29, 1.82) is 0 Å². The molecule has 0 spiro atoms. The molecule has 0 saturated carbocycles. The highest BCUT2D eigenvalue weighted by Gasteiger charge is 2.36. The minimum Gasteiger partial charge on any atom is -0.342 e. The molecule has 4 nitrogen and oxygen atoms in total. The van der Waals surface area contributed by atoms with E-state index in [0.717, 1.165) is 44.6 Å². The summed E-state index contributed by atoms with van der Waals surface area (Å²) in [5, 5.41) is 3.49. The molecule has 3 rings (SSSR count). The minimum atomic E-state index is 0.361. The lowest BCUT2D eigenvalue weighted by Crippen LogP contribution is -2.51. The van der Waals surface area contributed by atoms with Crippen LogP contribution in [0.5, 0.6) is 0 Å². The van der Waals surface area contributed by atoms with E-state index < -0.39 is 0 Å². The monoisotopic (exact) mass is 265 g/mol. The van der Waals surface area contributed by atoms with E-state index >= 15 is 0 Å². The summed E-state index contributed by atoms with van der Waals surface area (Å²) in [7, 11) is 0. The summed E-state index contributed by atoms with van der Waals surface area (Å²) in [5.74, 6) is 1.94. The second-order valence-corrected chi connectivity index (χ2v) is 6.66. The highest BCUT2D eigenvalue weighted by atomic mass is 16.2. The SMILES string of the molecule is CC1CCN(C(=O)CN2CCCC3CNCC32)CC1. The number of likely N-dealkylation sites (tertiary alicyclic amines) is 2. The van der Waals surface area contributed by atoms with Crippen LogP contribution in [-0.4, -0.2) is 61.0 Å². The van der Waals surface area contributed by atoms with Crippen LogP contribution in [0.3, 0.4) is 0 Å². The van der Waals surface area contributed by atoms with E-state index in [0.29, 0.717) is 18.5 Å². The summed E-state index contributed by atoms with van der Waals surface area (Å²) in [6, 6.07) is 0.612. The van der Waals surface area contributed by atoms with Crippen molar-refractivity contribution in [3.05, 3.63) is 0 Å². The summed E-state index contributed by atoms with van der Waals surface area (Å²) in [6.45, 7) is 8.23. The van der Waals surface area contributed by atoms with Crippen LogP contribution in [0, 0.1) is 11.8 Å². The molecule has 3 saturated heterocycles. The lowest BCUT2D eigenvalue weighted by molar-refractivity contribution is -0.134. The first-order chi connectivity index (χ1) is 9.24. The van der Waals surface area contributed by atoms with Gasteiger partial charge in [-0.2, -0.15) is 0 Å². The van der Waals surface area contributed by atoms with Crippen molar-refractivity contribution in [3.8, 4) is 0 Å². The van der Waals surface area contributed by atoms with E-state index in [1.165, 1.54) is 25.7 Å². The first-order valence-electron chi connectivity index (χ1n) is 7.96. The maximum Gasteiger partial charge on any atom is 0.236 e. The van der Waals surface area contributed by atoms with Crippen LogP contribution in [0.15, 0.2) is 0 Å². The van der Waals surface area contributed by atoms with E-state index in [2.05, 4.69) is 22.0 Å². The van der Waals surface area contributed by atoms with Crippen molar-refractivity contribution in [3.63, 3.8) is 0 Å². The Morgan fingerprint density at radius 2 is 1.95 bits per heavy atom. The molecule has 108 valence electrons. The second-order valence-electron chi connectivity index (χ2n) is 6.66. The average molecular weight is 265 g/mol. The molecule has 0 aromatic carbocycles. The number of nitrogens with one attached hydrogen (secondary N) is 1. The Bertz CT molecular complexity index is 325. The Morgan fingerprint density at radius 1 is 1.16 bits per heavy atom. The predicted molar refractivity (Wildman–Crippen MR) is 75.9 cm³/mol. The number of carbonyl (C=O) groups excluding carboxylic acids is 1. The quantitative estimate of drug-likeness (QED) is 0.807. The van der Waals surface area contributed by atoms with Crippen molar-refractivity contribution in [2.75, 3.05) is 39.3 Å². The number of amides is 1. The Labute approximate surface area is 116 Å². The number of nitrogens with zero attached hydrogens (tertiary/aromatic N) is 2. The molecule has 3 heterocycles. The molecule has 0 aromatic rings. The molecule has 0 bridgehead atoms. The van der Waals surface area contributed by atoms with Gasteiger partial charge in [0.2, 0.25) is 5.91 Å². The van der Waals surface area contributed by atoms with Gasteiger partial charge >= 0.3 is 0 Å². The lowest BCUT2D eigenvalue weighted by atomic mass is 9.92. The molecule has 0 radical (unpaired) electrons. The van der Waals surface area contributed by atoms with Gasteiger partial charge in [0, 0.05) is 25.7 Å². The van der Waals surface area contributed by atoms with Crippen molar-refractivity contribution in [2.24, 2.45) is 11.8 Å². The smallest absolute Gasteiger partial charge is 0.236 e. The molecule has 4 heteroatoms. The summed E-state index contributed by atoms with van der Waals surface area (Å²) in [6.07, 6.45) is 4.95. The number of fused-ring (bicyclic) bond motifs is 1. The molecule has 1 N–H and O–H groups in total. The molecule has 1 amide bonds. The molecule has 3 aliphatic heterocycles. The zero-order valence-corrected chi connectivity index (χ0v) is 12.1. The fraction of sp³-hybridized carbons (Fsp3) is 0.933. The van der Waals surface area contributed by atoms with Gasteiger partial charge in [-0.1, -0.05) is 6.92 Å². The zero-order valence-electron chi connectivity index (χ0n) is 12.1. The van der Waals surface area contributed by atoms with E-state index in [-0.39, 0.29) is 0 Å². The highest BCUT2D eigenvalue weighted by molar-refractivity contribution is 5.78. The molecule has 0 aromatic heterocycles. The zero-order chi connectivity index (χ0) is 13.2. The number of hydrogen-bond donors (Lipinski definition) is 1. The van der Waals surface area contributed by atoms with Crippen LogP contribution in [0.2, 0.25) is 0 Å². The van der Waals surface area contributed by atoms with Crippen molar-refractivity contribution < 1.29 is 4.79 Å². The predicted octanol–water partition coefficient (Wildman–Crippen LogP) is 0.929. The number of piperidine rings is 2. The van der Waals surface area contributed by atoms with Crippen LogP contribution in [0.1, 0.15) is 32.6 Å². The molecule has 19 heavy (non-hydrogen) atoms. The van der Waals surface area contributed by atoms with Gasteiger partial charge in [0.25, 0.3) is 0 Å². The van der Waals surface area contributed by atoms with E-state index in [1.807, 2.05) is 0 Å². The number of rotatable bonds is 2. The van der Waals surface area contributed by atoms with Gasteiger partial charge in [-0.25, -0.2) is 0 Å². The van der Waals surface area contributed by atoms with Gasteiger partial charge in [0.1, 0.15) is 0 Å². The average Bonchev–Trinajstić information content (AvgIpc) is 2.89. The van der Waals surface area contributed by atoms with Gasteiger partial charge in [-0.3, -0.25) is 9.69 Å². The standard InChI is InChI=1S/C15H27N3O/c1-12-4-7-17(8-5-12)15(19)11-18-6-2-3-13-9-16-10-14(13)18/h12-14,16H,2-11H2,1H3. The highest BCUT2D eigenvalue weighted by Crippen LogP contribution is 2.26. The van der Waals surface area contributed by atoms with Gasteiger partial charge in [-0.05, 0) is 50.6 Å². The van der Waals surface area contributed by atoms with Gasteiger partial charge < -0.3 is 10.2 Å². The fourth-order valence-corrected chi connectivity index (χ4v) is 3.89.